The van der Waals surface area contributed by atoms with Gasteiger partial charge in [-0.05, 0) is 12.8 Å². The van der Waals surface area contributed by atoms with Crippen LogP contribution in [0.1, 0.15) is 24.5 Å². The normalized spacial score (nSPS) is 28.9. The molecule has 2 aromatic heterocycles. The number of nitrogens with zero attached hydrogens (tertiary/aromatic N) is 2. The highest BCUT2D eigenvalue weighted by Crippen LogP contribution is 2.35. The van der Waals surface area contributed by atoms with Crippen molar-refractivity contribution in [3.8, 4) is 0 Å². The lowest BCUT2D eigenvalue weighted by molar-refractivity contribution is 0.0348. The summed E-state index contributed by atoms with van der Waals surface area (Å²) in [5, 5.41) is 26.0. The van der Waals surface area contributed by atoms with Gasteiger partial charge in [-0.25, -0.2) is 4.98 Å². The van der Waals surface area contributed by atoms with Gasteiger partial charge >= 0.3 is 0 Å². The summed E-state index contributed by atoms with van der Waals surface area (Å²) in [7, 11) is 0. The van der Waals surface area contributed by atoms with Gasteiger partial charge in [-0.3, -0.25) is 9.89 Å². The molecule has 0 radical (unpaired) electrons. The number of aliphatic hydroxyl groups is 2. The van der Waals surface area contributed by atoms with Crippen LogP contribution in [0.3, 0.4) is 0 Å². The summed E-state index contributed by atoms with van der Waals surface area (Å²) in [6, 6.07) is 0. The van der Waals surface area contributed by atoms with E-state index in [1.807, 2.05) is 0 Å². The summed E-state index contributed by atoms with van der Waals surface area (Å²) in [5.41, 5.74) is 1.00. The maximum absolute atomic E-state index is 11.5. The third-order valence-corrected chi connectivity index (χ3v) is 3.32. The standard InChI is InChI=1S/C10H12N4O3/c15-5-2-1-4(9(5)16)6-7-8(14-13-6)10(17)12-3-11-7/h3-5,9,15-16H,1-2H2,(H,13,14)(H,11,12,17)/t4-,5+,9-/m0/s1. The topological polar surface area (TPSA) is 115 Å². The molecule has 1 aliphatic carbocycles. The second-order valence-corrected chi connectivity index (χ2v) is 4.31. The van der Waals surface area contributed by atoms with Gasteiger partial charge < -0.3 is 15.2 Å². The van der Waals surface area contributed by atoms with E-state index in [0.29, 0.717) is 24.1 Å². The van der Waals surface area contributed by atoms with Crippen LogP contribution in [0.5, 0.6) is 0 Å². The summed E-state index contributed by atoms with van der Waals surface area (Å²) in [6.45, 7) is 0. The number of aromatic nitrogens is 4. The van der Waals surface area contributed by atoms with E-state index in [0.717, 1.165) is 0 Å². The van der Waals surface area contributed by atoms with Gasteiger partial charge in [0.05, 0.1) is 24.2 Å². The molecule has 0 aromatic carbocycles. The molecule has 0 spiro atoms. The fraction of sp³-hybridized carbons (Fsp3) is 0.500. The molecule has 0 aliphatic heterocycles. The van der Waals surface area contributed by atoms with Crippen LogP contribution >= 0.6 is 0 Å². The molecule has 3 rings (SSSR count). The van der Waals surface area contributed by atoms with Crippen LogP contribution in [0.4, 0.5) is 0 Å². The van der Waals surface area contributed by atoms with Crippen molar-refractivity contribution in [3.63, 3.8) is 0 Å². The number of hydrogen-bond donors (Lipinski definition) is 4. The van der Waals surface area contributed by atoms with Crippen molar-refractivity contribution in [1.29, 1.82) is 0 Å². The number of H-pyrrole nitrogens is 2. The molecule has 7 heteroatoms. The lowest BCUT2D eigenvalue weighted by Crippen LogP contribution is -2.24. The van der Waals surface area contributed by atoms with Crippen molar-refractivity contribution in [1.82, 2.24) is 20.2 Å². The number of rotatable bonds is 1. The van der Waals surface area contributed by atoms with Crippen molar-refractivity contribution < 1.29 is 10.2 Å². The van der Waals surface area contributed by atoms with E-state index in [4.69, 9.17) is 0 Å². The Bertz CT molecular complexity index is 605. The Morgan fingerprint density at radius 3 is 2.82 bits per heavy atom. The molecule has 90 valence electrons. The average Bonchev–Trinajstić information content (AvgIpc) is 2.86. The summed E-state index contributed by atoms with van der Waals surface area (Å²) < 4.78 is 0. The lowest BCUT2D eigenvalue weighted by Gasteiger charge is -2.14. The van der Waals surface area contributed by atoms with E-state index in [-0.39, 0.29) is 17.0 Å². The average molecular weight is 236 g/mol. The largest absolute Gasteiger partial charge is 0.390 e. The summed E-state index contributed by atoms with van der Waals surface area (Å²) >= 11 is 0. The van der Waals surface area contributed by atoms with Crippen LogP contribution in [0, 0.1) is 0 Å². The molecule has 7 nitrogen and oxygen atoms in total. The van der Waals surface area contributed by atoms with Crippen LogP contribution in [0.15, 0.2) is 11.1 Å². The predicted octanol–water partition coefficient (Wildman–Crippen LogP) is -0.755. The van der Waals surface area contributed by atoms with Gasteiger partial charge in [-0.1, -0.05) is 0 Å². The second-order valence-electron chi connectivity index (χ2n) is 4.31. The molecular weight excluding hydrogens is 224 g/mol. The number of hydrogen-bond acceptors (Lipinski definition) is 5. The Balaban J connectivity index is 2.13. The molecule has 2 heterocycles. The van der Waals surface area contributed by atoms with Gasteiger partial charge in [0.15, 0.2) is 5.52 Å². The van der Waals surface area contributed by atoms with Crippen molar-refractivity contribution in [2.24, 2.45) is 0 Å². The highest BCUT2D eigenvalue weighted by atomic mass is 16.3. The number of aromatic amines is 2. The molecule has 1 aliphatic rings. The molecule has 0 amide bonds. The zero-order valence-corrected chi connectivity index (χ0v) is 8.92. The molecule has 3 atom stereocenters. The minimum Gasteiger partial charge on any atom is -0.390 e. The van der Waals surface area contributed by atoms with E-state index in [9.17, 15) is 15.0 Å². The summed E-state index contributed by atoms with van der Waals surface area (Å²) in [6.07, 6.45) is 0.936. The van der Waals surface area contributed by atoms with Crippen molar-refractivity contribution in [2.75, 3.05) is 0 Å². The van der Waals surface area contributed by atoms with Crippen molar-refractivity contribution in [3.05, 3.63) is 22.4 Å². The minimum atomic E-state index is -0.834. The third-order valence-electron chi connectivity index (χ3n) is 3.32. The van der Waals surface area contributed by atoms with Crippen LogP contribution in [0.2, 0.25) is 0 Å². The maximum Gasteiger partial charge on any atom is 0.279 e. The highest BCUT2D eigenvalue weighted by Gasteiger charge is 2.36. The van der Waals surface area contributed by atoms with Gasteiger partial charge in [0, 0.05) is 5.92 Å². The molecule has 17 heavy (non-hydrogen) atoms. The van der Waals surface area contributed by atoms with Gasteiger partial charge in [0.1, 0.15) is 5.52 Å². The quantitative estimate of drug-likeness (QED) is 0.520. The number of fused-ring (bicyclic) bond motifs is 1. The van der Waals surface area contributed by atoms with E-state index < -0.39 is 12.2 Å². The molecule has 0 unspecified atom stereocenters. The zero-order chi connectivity index (χ0) is 12.0. The van der Waals surface area contributed by atoms with Crippen molar-refractivity contribution in [2.45, 2.75) is 31.0 Å². The Morgan fingerprint density at radius 2 is 2.12 bits per heavy atom. The molecule has 0 bridgehead atoms. The van der Waals surface area contributed by atoms with Crippen molar-refractivity contribution >= 4 is 11.0 Å². The molecule has 0 saturated heterocycles. The molecule has 1 fully saturated rings. The Morgan fingerprint density at radius 1 is 1.29 bits per heavy atom. The smallest absolute Gasteiger partial charge is 0.279 e. The van der Waals surface area contributed by atoms with Gasteiger partial charge in [0.2, 0.25) is 0 Å². The van der Waals surface area contributed by atoms with Crippen LogP contribution in [0.25, 0.3) is 11.0 Å². The number of nitrogens with one attached hydrogen (secondary N) is 2. The second kappa shape index (κ2) is 3.64. The Labute approximate surface area is 95.5 Å². The lowest BCUT2D eigenvalue weighted by atomic mass is 10.0. The van der Waals surface area contributed by atoms with Gasteiger partial charge in [-0.15, -0.1) is 0 Å². The SMILES string of the molecule is O=c1[nH]cnc2c([C@@H]3CC[C@@H](O)[C@H]3O)[nH]nc12. The first-order chi connectivity index (χ1) is 8.18. The van der Waals surface area contributed by atoms with E-state index in [1.165, 1.54) is 6.33 Å². The number of aliphatic hydroxyl groups excluding tert-OH is 2. The Hall–Kier alpha value is -1.73. The minimum absolute atomic E-state index is 0.232. The van der Waals surface area contributed by atoms with Crippen LogP contribution < -0.4 is 5.56 Å². The van der Waals surface area contributed by atoms with E-state index in [1.54, 1.807) is 0 Å². The fourth-order valence-corrected chi connectivity index (χ4v) is 2.40. The van der Waals surface area contributed by atoms with Crippen LogP contribution in [-0.4, -0.2) is 42.6 Å². The zero-order valence-electron chi connectivity index (χ0n) is 8.92. The Kier molecular flexibility index (Phi) is 2.23. The third kappa shape index (κ3) is 1.47. The van der Waals surface area contributed by atoms with Crippen LogP contribution in [-0.2, 0) is 0 Å². The molecule has 2 aromatic rings. The molecule has 1 saturated carbocycles. The monoisotopic (exact) mass is 236 g/mol. The maximum atomic E-state index is 11.5. The van der Waals surface area contributed by atoms with E-state index >= 15 is 0 Å². The van der Waals surface area contributed by atoms with E-state index in [2.05, 4.69) is 20.2 Å². The highest BCUT2D eigenvalue weighted by molar-refractivity contribution is 5.76. The fourth-order valence-electron chi connectivity index (χ4n) is 2.40. The molecule has 4 N–H and O–H groups in total. The molecular formula is C10H12N4O3. The first-order valence-corrected chi connectivity index (χ1v) is 5.46. The van der Waals surface area contributed by atoms with Gasteiger partial charge in [0.25, 0.3) is 5.56 Å². The summed E-state index contributed by atoms with van der Waals surface area (Å²) in [5.74, 6) is -0.246. The summed E-state index contributed by atoms with van der Waals surface area (Å²) in [4.78, 5) is 18.0. The first kappa shape index (κ1) is 10.4. The predicted molar refractivity (Wildman–Crippen MR) is 58.5 cm³/mol. The first-order valence-electron chi connectivity index (χ1n) is 5.46. The van der Waals surface area contributed by atoms with Gasteiger partial charge in [-0.2, -0.15) is 5.10 Å².